The van der Waals surface area contributed by atoms with Crippen LogP contribution in [-0.4, -0.2) is 41.9 Å². The van der Waals surface area contributed by atoms with Crippen LogP contribution < -0.4 is 5.32 Å². The number of nitrogens with one attached hydrogen (secondary N) is 1. The molecule has 5 heteroatoms. The number of hydrogen-bond donors (Lipinski definition) is 1. The Labute approximate surface area is 121 Å². The minimum absolute atomic E-state index is 0.0524. The Morgan fingerprint density at radius 1 is 1.40 bits per heavy atom. The highest BCUT2D eigenvalue weighted by molar-refractivity contribution is 5.10. The molecule has 1 aliphatic rings. The van der Waals surface area contributed by atoms with Crippen LogP contribution in [0.5, 0.6) is 0 Å². The summed E-state index contributed by atoms with van der Waals surface area (Å²) >= 11 is 0. The maximum Gasteiger partial charge on any atom is 0.159 e. The summed E-state index contributed by atoms with van der Waals surface area (Å²) < 4.78 is 13.2. The van der Waals surface area contributed by atoms with Gasteiger partial charge in [0.1, 0.15) is 0 Å². The highest BCUT2D eigenvalue weighted by atomic mass is 16.7. The average molecular weight is 281 g/mol. The summed E-state index contributed by atoms with van der Waals surface area (Å²) in [7, 11) is 0. The van der Waals surface area contributed by atoms with Crippen molar-refractivity contribution in [3.8, 4) is 0 Å². The Balaban J connectivity index is 1.97. The standard InChI is InChI=1S/C15H27N3O2/c1-4-6-16-13(11-15-19-7-8-20-15)10-14-9-12(3)17-18(14)5-2/h9,13,15-16H,4-8,10-11H2,1-3H3. The maximum absolute atomic E-state index is 5.58. The molecule has 2 rings (SSSR count). The van der Waals surface area contributed by atoms with Gasteiger partial charge in [0.05, 0.1) is 18.9 Å². The third kappa shape index (κ3) is 4.30. The molecular formula is C15H27N3O2. The molecular weight excluding hydrogens is 254 g/mol. The van der Waals surface area contributed by atoms with E-state index in [-0.39, 0.29) is 6.29 Å². The lowest BCUT2D eigenvalue weighted by atomic mass is 10.1. The predicted octanol–water partition coefficient (Wildman–Crippen LogP) is 1.89. The van der Waals surface area contributed by atoms with Gasteiger partial charge in [-0.3, -0.25) is 4.68 Å². The quantitative estimate of drug-likeness (QED) is 0.790. The summed E-state index contributed by atoms with van der Waals surface area (Å²) in [5.41, 5.74) is 2.38. The topological polar surface area (TPSA) is 48.3 Å². The van der Waals surface area contributed by atoms with Crippen LogP contribution in [0.1, 0.15) is 38.1 Å². The van der Waals surface area contributed by atoms with Crippen molar-refractivity contribution < 1.29 is 9.47 Å². The summed E-state index contributed by atoms with van der Waals surface area (Å²) in [5, 5.41) is 8.12. The summed E-state index contributed by atoms with van der Waals surface area (Å²) in [4.78, 5) is 0. The molecule has 0 aromatic carbocycles. The Morgan fingerprint density at radius 2 is 2.15 bits per heavy atom. The largest absolute Gasteiger partial charge is 0.350 e. The molecule has 0 aliphatic carbocycles. The SMILES string of the molecule is CCCNC(Cc1cc(C)nn1CC)CC1OCCO1. The van der Waals surface area contributed by atoms with Crippen LogP contribution in [0, 0.1) is 6.92 Å². The van der Waals surface area contributed by atoms with Crippen LogP contribution in [0.2, 0.25) is 0 Å². The zero-order valence-corrected chi connectivity index (χ0v) is 12.9. The number of hydrogen-bond acceptors (Lipinski definition) is 4. The van der Waals surface area contributed by atoms with Gasteiger partial charge in [0, 0.05) is 31.1 Å². The Kier molecular flexibility index (Phi) is 6.01. The van der Waals surface area contributed by atoms with Crippen molar-refractivity contribution >= 4 is 0 Å². The van der Waals surface area contributed by atoms with Gasteiger partial charge in [-0.1, -0.05) is 6.92 Å². The monoisotopic (exact) mass is 281 g/mol. The fourth-order valence-corrected chi connectivity index (χ4v) is 2.65. The molecule has 1 unspecified atom stereocenters. The van der Waals surface area contributed by atoms with Crippen molar-refractivity contribution in [2.24, 2.45) is 0 Å². The van der Waals surface area contributed by atoms with Crippen molar-refractivity contribution in [2.75, 3.05) is 19.8 Å². The molecule has 0 spiro atoms. The first-order valence-electron chi connectivity index (χ1n) is 7.72. The fraction of sp³-hybridized carbons (Fsp3) is 0.800. The molecule has 1 N–H and O–H groups in total. The summed E-state index contributed by atoms with van der Waals surface area (Å²) in [6.45, 7) is 9.75. The van der Waals surface area contributed by atoms with Crippen molar-refractivity contribution in [2.45, 2.75) is 58.9 Å². The zero-order valence-electron chi connectivity index (χ0n) is 12.9. The van der Waals surface area contributed by atoms with Crippen LogP contribution in [0.4, 0.5) is 0 Å². The van der Waals surface area contributed by atoms with Crippen LogP contribution in [0.3, 0.4) is 0 Å². The molecule has 1 atom stereocenters. The van der Waals surface area contributed by atoms with Gasteiger partial charge in [0.25, 0.3) is 0 Å². The molecule has 1 aliphatic heterocycles. The first-order chi connectivity index (χ1) is 9.72. The number of nitrogens with zero attached hydrogens (tertiary/aromatic N) is 2. The van der Waals surface area contributed by atoms with Crippen molar-refractivity contribution in [3.05, 3.63) is 17.5 Å². The number of rotatable bonds is 8. The minimum atomic E-state index is -0.0524. The Hall–Kier alpha value is -0.910. The van der Waals surface area contributed by atoms with Gasteiger partial charge < -0.3 is 14.8 Å². The molecule has 5 nitrogen and oxygen atoms in total. The van der Waals surface area contributed by atoms with E-state index in [1.165, 1.54) is 5.69 Å². The van der Waals surface area contributed by atoms with Crippen molar-refractivity contribution in [1.82, 2.24) is 15.1 Å². The third-order valence-electron chi connectivity index (χ3n) is 3.59. The van der Waals surface area contributed by atoms with Crippen molar-refractivity contribution in [3.63, 3.8) is 0 Å². The van der Waals surface area contributed by atoms with Gasteiger partial charge in [-0.2, -0.15) is 5.10 Å². The molecule has 1 aromatic rings. The average Bonchev–Trinajstić information content (AvgIpc) is 3.05. The second-order valence-corrected chi connectivity index (χ2v) is 5.35. The van der Waals surface area contributed by atoms with Gasteiger partial charge >= 0.3 is 0 Å². The normalized spacial score (nSPS) is 17.8. The van der Waals surface area contributed by atoms with E-state index in [2.05, 4.69) is 35.0 Å². The predicted molar refractivity (Wildman–Crippen MR) is 78.7 cm³/mol. The molecule has 114 valence electrons. The minimum Gasteiger partial charge on any atom is -0.350 e. The second kappa shape index (κ2) is 7.76. The van der Waals surface area contributed by atoms with E-state index in [0.29, 0.717) is 6.04 Å². The number of aromatic nitrogens is 2. The smallest absolute Gasteiger partial charge is 0.159 e. The van der Waals surface area contributed by atoms with E-state index in [0.717, 1.165) is 51.3 Å². The summed E-state index contributed by atoms with van der Waals surface area (Å²) in [6.07, 6.45) is 2.95. The number of ether oxygens (including phenoxy) is 2. The first-order valence-corrected chi connectivity index (χ1v) is 7.72. The molecule has 1 aromatic heterocycles. The highest BCUT2D eigenvalue weighted by Crippen LogP contribution is 2.15. The van der Waals surface area contributed by atoms with Crippen LogP contribution in [-0.2, 0) is 22.4 Å². The van der Waals surface area contributed by atoms with Gasteiger partial charge in [0.2, 0.25) is 0 Å². The Morgan fingerprint density at radius 3 is 2.80 bits per heavy atom. The summed E-state index contributed by atoms with van der Waals surface area (Å²) in [6, 6.07) is 2.56. The van der Waals surface area contributed by atoms with E-state index in [1.54, 1.807) is 0 Å². The lowest BCUT2D eigenvalue weighted by molar-refractivity contribution is -0.0527. The maximum atomic E-state index is 5.58. The van der Waals surface area contributed by atoms with Crippen LogP contribution in [0.15, 0.2) is 6.07 Å². The Bertz CT molecular complexity index is 400. The van der Waals surface area contributed by atoms with Gasteiger partial charge in [-0.05, 0) is 32.9 Å². The van der Waals surface area contributed by atoms with Gasteiger partial charge in [0.15, 0.2) is 6.29 Å². The second-order valence-electron chi connectivity index (χ2n) is 5.35. The molecule has 20 heavy (non-hydrogen) atoms. The van der Waals surface area contributed by atoms with Gasteiger partial charge in [-0.25, -0.2) is 0 Å². The highest BCUT2D eigenvalue weighted by Gasteiger charge is 2.22. The van der Waals surface area contributed by atoms with E-state index < -0.39 is 0 Å². The molecule has 0 bridgehead atoms. The van der Waals surface area contributed by atoms with E-state index in [4.69, 9.17) is 9.47 Å². The van der Waals surface area contributed by atoms with Gasteiger partial charge in [-0.15, -0.1) is 0 Å². The lowest BCUT2D eigenvalue weighted by Crippen LogP contribution is -2.36. The molecule has 1 fully saturated rings. The number of aryl methyl sites for hydroxylation is 2. The van der Waals surface area contributed by atoms with Crippen molar-refractivity contribution in [1.29, 1.82) is 0 Å². The third-order valence-corrected chi connectivity index (χ3v) is 3.59. The fourth-order valence-electron chi connectivity index (χ4n) is 2.65. The molecule has 0 saturated carbocycles. The zero-order chi connectivity index (χ0) is 14.4. The molecule has 0 radical (unpaired) electrons. The first kappa shape index (κ1) is 15.5. The van der Waals surface area contributed by atoms with E-state index in [1.807, 2.05) is 6.92 Å². The van der Waals surface area contributed by atoms with Crippen LogP contribution in [0.25, 0.3) is 0 Å². The molecule has 1 saturated heterocycles. The summed E-state index contributed by atoms with van der Waals surface area (Å²) in [5.74, 6) is 0. The van der Waals surface area contributed by atoms with Crippen LogP contribution >= 0.6 is 0 Å². The molecule has 2 heterocycles. The van der Waals surface area contributed by atoms with E-state index in [9.17, 15) is 0 Å². The van der Waals surface area contributed by atoms with E-state index >= 15 is 0 Å². The molecule has 0 amide bonds. The lowest BCUT2D eigenvalue weighted by Gasteiger charge is -2.21.